The lowest BCUT2D eigenvalue weighted by atomic mass is 10.2. The van der Waals surface area contributed by atoms with Gasteiger partial charge in [-0.1, -0.05) is 17.7 Å². The zero-order chi connectivity index (χ0) is 14.3. The van der Waals surface area contributed by atoms with Crippen molar-refractivity contribution >= 4 is 17.2 Å². The van der Waals surface area contributed by atoms with Crippen LogP contribution in [0.4, 0.5) is 0 Å². The predicted octanol–water partition coefficient (Wildman–Crippen LogP) is 2.37. The molecule has 0 aromatic carbocycles. The van der Waals surface area contributed by atoms with Gasteiger partial charge in [-0.2, -0.15) is 5.10 Å². The molecule has 1 unspecified atom stereocenters. The van der Waals surface area contributed by atoms with Crippen LogP contribution >= 0.6 is 11.6 Å². The number of pyridine rings is 1. The molecule has 3 rings (SSSR count). The van der Waals surface area contributed by atoms with Crippen molar-refractivity contribution < 1.29 is 0 Å². The molecule has 6 heteroatoms. The van der Waals surface area contributed by atoms with Crippen molar-refractivity contribution in [1.82, 2.24) is 19.2 Å². The van der Waals surface area contributed by atoms with E-state index < -0.39 is 0 Å². The Labute approximate surface area is 122 Å². The Morgan fingerprint density at radius 2 is 2.20 bits per heavy atom. The number of fused-ring (bicyclic) bond motifs is 1. The molecule has 0 spiro atoms. The first kappa shape index (κ1) is 13.1. The molecule has 1 atom stereocenters. The molecule has 104 valence electrons. The summed E-state index contributed by atoms with van der Waals surface area (Å²) in [5.41, 5.74) is 8.66. The van der Waals surface area contributed by atoms with Gasteiger partial charge < -0.3 is 10.1 Å². The van der Waals surface area contributed by atoms with Gasteiger partial charge in [0.1, 0.15) is 5.65 Å². The quantitative estimate of drug-likeness (QED) is 0.805. The molecule has 0 aliphatic heterocycles. The molecule has 0 aliphatic rings. The average molecular weight is 290 g/mol. The molecular weight excluding hydrogens is 274 g/mol. The lowest BCUT2D eigenvalue weighted by molar-refractivity contribution is 0.704. The molecule has 2 N–H and O–H groups in total. The highest BCUT2D eigenvalue weighted by atomic mass is 35.5. The Hall–Kier alpha value is -1.85. The lowest BCUT2D eigenvalue weighted by Crippen LogP contribution is -2.20. The van der Waals surface area contributed by atoms with Crippen molar-refractivity contribution in [3.8, 4) is 5.82 Å². The van der Waals surface area contributed by atoms with Crippen molar-refractivity contribution in [3.05, 3.63) is 47.0 Å². The van der Waals surface area contributed by atoms with Gasteiger partial charge in [0.05, 0.1) is 22.6 Å². The molecule has 0 radical (unpaired) electrons. The second-order valence-corrected chi connectivity index (χ2v) is 5.41. The third kappa shape index (κ3) is 2.19. The van der Waals surface area contributed by atoms with Gasteiger partial charge in [0.15, 0.2) is 5.82 Å². The molecule has 20 heavy (non-hydrogen) atoms. The summed E-state index contributed by atoms with van der Waals surface area (Å²) in [5, 5.41) is 5.04. The molecule has 0 aliphatic carbocycles. The summed E-state index contributed by atoms with van der Waals surface area (Å²) < 4.78 is 3.77. The minimum atomic E-state index is 0.0426. The zero-order valence-corrected chi connectivity index (χ0v) is 12.2. The highest BCUT2D eigenvalue weighted by Gasteiger charge is 2.16. The second kappa shape index (κ2) is 4.92. The van der Waals surface area contributed by atoms with E-state index in [-0.39, 0.29) is 6.04 Å². The number of nitrogens with two attached hydrogens (primary N) is 1. The molecule has 0 saturated heterocycles. The summed E-state index contributed by atoms with van der Waals surface area (Å²) in [6, 6.07) is 5.95. The molecular formula is C14H16ClN5. The van der Waals surface area contributed by atoms with Gasteiger partial charge in [0.25, 0.3) is 0 Å². The Morgan fingerprint density at radius 3 is 2.85 bits per heavy atom. The third-order valence-electron chi connectivity index (χ3n) is 3.18. The molecule has 0 fully saturated rings. The van der Waals surface area contributed by atoms with Gasteiger partial charge in [-0.15, -0.1) is 0 Å². The van der Waals surface area contributed by atoms with Crippen LogP contribution in [-0.2, 0) is 6.42 Å². The summed E-state index contributed by atoms with van der Waals surface area (Å²) in [7, 11) is 0. The molecule has 3 heterocycles. The Morgan fingerprint density at radius 1 is 1.40 bits per heavy atom. The second-order valence-electron chi connectivity index (χ2n) is 5.00. The molecule has 3 aromatic rings. The van der Waals surface area contributed by atoms with Crippen molar-refractivity contribution in [2.24, 2.45) is 5.73 Å². The molecule has 3 aromatic heterocycles. The summed E-state index contributed by atoms with van der Waals surface area (Å²) in [4.78, 5) is 4.64. The van der Waals surface area contributed by atoms with Crippen LogP contribution in [0.25, 0.3) is 11.5 Å². The van der Waals surface area contributed by atoms with Crippen molar-refractivity contribution in [2.45, 2.75) is 26.3 Å². The first-order valence-corrected chi connectivity index (χ1v) is 6.87. The van der Waals surface area contributed by atoms with Gasteiger partial charge in [-0.25, -0.2) is 9.67 Å². The SMILES string of the molecule is Cc1nn(-c2nc3ccccn3c2CC(C)N)cc1Cl. The fourth-order valence-corrected chi connectivity index (χ4v) is 2.39. The maximum Gasteiger partial charge on any atom is 0.175 e. The van der Waals surface area contributed by atoms with Crippen molar-refractivity contribution in [3.63, 3.8) is 0 Å². The average Bonchev–Trinajstić information content (AvgIpc) is 2.91. The fourth-order valence-electron chi connectivity index (χ4n) is 2.26. The minimum Gasteiger partial charge on any atom is -0.328 e. The van der Waals surface area contributed by atoms with Gasteiger partial charge in [-0.05, 0) is 26.0 Å². The normalized spacial score (nSPS) is 13.0. The van der Waals surface area contributed by atoms with Crippen LogP contribution in [0, 0.1) is 6.92 Å². The van der Waals surface area contributed by atoms with Crippen LogP contribution in [0.3, 0.4) is 0 Å². The number of rotatable bonds is 3. The van der Waals surface area contributed by atoms with Crippen LogP contribution in [-0.4, -0.2) is 25.2 Å². The molecule has 0 saturated carbocycles. The van der Waals surface area contributed by atoms with Crippen LogP contribution in [0.15, 0.2) is 30.6 Å². The van der Waals surface area contributed by atoms with Gasteiger partial charge in [0, 0.05) is 18.7 Å². The topological polar surface area (TPSA) is 61.1 Å². The van der Waals surface area contributed by atoms with Crippen molar-refractivity contribution in [1.29, 1.82) is 0 Å². The number of hydrogen-bond acceptors (Lipinski definition) is 3. The van der Waals surface area contributed by atoms with E-state index in [0.717, 1.165) is 29.3 Å². The van der Waals surface area contributed by atoms with Crippen LogP contribution < -0.4 is 5.73 Å². The summed E-state index contributed by atoms with van der Waals surface area (Å²) in [5.74, 6) is 0.781. The smallest absolute Gasteiger partial charge is 0.175 e. The number of aryl methyl sites for hydroxylation is 1. The van der Waals surface area contributed by atoms with Gasteiger partial charge >= 0.3 is 0 Å². The fraction of sp³-hybridized carbons (Fsp3) is 0.286. The highest BCUT2D eigenvalue weighted by Crippen LogP contribution is 2.21. The van der Waals surface area contributed by atoms with Crippen LogP contribution in [0.2, 0.25) is 5.02 Å². The number of halogens is 1. The number of hydrogen-bond donors (Lipinski definition) is 1. The van der Waals surface area contributed by atoms with Gasteiger partial charge in [0.2, 0.25) is 0 Å². The van der Waals surface area contributed by atoms with E-state index in [9.17, 15) is 0 Å². The Kier molecular flexibility index (Phi) is 3.23. The van der Waals surface area contributed by atoms with E-state index in [2.05, 4.69) is 10.1 Å². The van der Waals surface area contributed by atoms with E-state index in [4.69, 9.17) is 17.3 Å². The Bertz CT molecular complexity index is 737. The summed E-state index contributed by atoms with van der Waals surface area (Å²) in [6.07, 6.45) is 4.49. The van der Waals surface area contributed by atoms with Crippen LogP contribution in [0.5, 0.6) is 0 Å². The third-order valence-corrected chi connectivity index (χ3v) is 3.55. The van der Waals surface area contributed by atoms with E-state index in [1.807, 2.05) is 42.6 Å². The predicted molar refractivity (Wildman–Crippen MR) is 79.4 cm³/mol. The lowest BCUT2D eigenvalue weighted by Gasteiger charge is -2.07. The number of imidazole rings is 1. The number of aromatic nitrogens is 4. The van der Waals surface area contributed by atoms with E-state index in [1.54, 1.807) is 10.9 Å². The first-order chi connectivity index (χ1) is 9.56. The Balaban J connectivity index is 2.23. The van der Waals surface area contributed by atoms with E-state index in [1.165, 1.54) is 0 Å². The van der Waals surface area contributed by atoms with E-state index >= 15 is 0 Å². The molecule has 5 nitrogen and oxygen atoms in total. The number of nitrogens with zero attached hydrogens (tertiary/aromatic N) is 4. The standard InChI is InChI=1S/C14H16ClN5/c1-9(16)7-12-14(20-8-11(15)10(2)18-20)17-13-5-3-4-6-19(12)13/h3-6,8-9H,7,16H2,1-2H3. The highest BCUT2D eigenvalue weighted by molar-refractivity contribution is 6.31. The largest absolute Gasteiger partial charge is 0.328 e. The zero-order valence-electron chi connectivity index (χ0n) is 11.4. The maximum atomic E-state index is 6.09. The van der Waals surface area contributed by atoms with Crippen LogP contribution in [0.1, 0.15) is 18.3 Å². The van der Waals surface area contributed by atoms with E-state index in [0.29, 0.717) is 5.02 Å². The minimum absolute atomic E-state index is 0.0426. The maximum absolute atomic E-state index is 6.09. The molecule has 0 bridgehead atoms. The summed E-state index contributed by atoms with van der Waals surface area (Å²) in [6.45, 7) is 3.85. The van der Waals surface area contributed by atoms with Crippen molar-refractivity contribution in [2.75, 3.05) is 0 Å². The summed E-state index contributed by atoms with van der Waals surface area (Å²) >= 11 is 6.09. The molecule has 0 amide bonds. The monoisotopic (exact) mass is 289 g/mol. The van der Waals surface area contributed by atoms with Gasteiger partial charge in [-0.3, -0.25) is 0 Å². The first-order valence-electron chi connectivity index (χ1n) is 6.50.